The minimum atomic E-state index is -4.56. The highest BCUT2D eigenvalue weighted by Gasteiger charge is 2.35. The molecule has 0 aliphatic carbocycles. The van der Waals surface area contributed by atoms with E-state index in [0.29, 0.717) is 9.14 Å². The molecule has 0 saturated carbocycles. The molecule has 0 N–H and O–H groups in total. The molecule has 2 aromatic carbocycles. The molecule has 0 spiro atoms. The molecule has 0 saturated heterocycles. The summed E-state index contributed by atoms with van der Waals surface area (Å²) in [6.07, 6.45) is -3.00. The third-order valence-electron chi connectivity index (χ3n) is 3.69. The first-order valence-corrected chi connectivity index (χ1v) is 9.69. The van der Waals surface area contributed by atoms with Crippen LogP contribution in [-0.2, 0) is 11.6 Å². The lowest BCUT2D eigenvalue weighted by Gasteiger charge is -2.19. The number of benzene rings is 2. The summed E-state index contributed by atoms with van der Waals surface area (Å²) in [7, 11) is 0. The molecule has 146 valence electrons. The topological polar surface area (TPSA) is 18.5 Å². The van der Waals surface area contributed by atoms with Crippen LogP contribution in [0.3, 0.4) is 0 Å². The Hall–Kier alpha value is -1.47. The van der Waals surface area contributed by atoms with Crippen LogP contribution in [0.25, 0.3) is 0 Å². The second-order valence-corrected chi connectivity index (χ2v) is 9.61. The van der Waals surface area contributed by atoms with E-state index in [9.17, 15) is 13.2 Å². The number of hydrogen-bond acceptors (Lipinski definition) is 2. The second-order valence-electron chi connectivity index (χ2n) is 6.84. The molecule has 2 aromatic rings. The molecular formula is C20H19Br2F3O2. The molecule has 27 heavy (non-hydrogen) atoms. The summed E-state index contributed by atoms with van der Waals surface area (Å²) in [4.78, 5) is 0. The summed E-state index contributed by atoms with van der Waals surface area (Å²) in [5.74, 6) is 0.307. The van der Waals surface area contributed by atoms with E-state index in [1.807, 2.05) is 12.1 Å². The maximum absolute atomic E-state index is 13.4. The van der Waals surface area contributed by atoms with E-state index in [0.717, 1.165) is 11.6 Å². The lowest BCUT2D eigenvalue weighted by molar-refractivity contribution is -0.138. The van der Waals surface area contributed by atoms with Gasteiger partial charge in [0.2, 0.25) is 0 Å². The fourth-order valence-corrected chi connectivity index (χ4v) is 2.54. The van der Waals surface area contributed by atoms with Crippen LogP contribution in [0.2, 0.25) is 0 Å². The highest BCUT2D eigenvalue weighted by molar-refractivity contribution is 9.28. The molecule has 0 amide bonds. The van der Waals surface area contributed by atoms with Gasteiger partial charge < -0.3 is 9.47 Å². The van der Waals surface area contributed by atoms with Gasteiger partial charge in [0.1, 0.15) is 29.4 Å². The van der Waals surface area contributed by atoms with Crippen LogP contribution < -0.4 is 9.47 Å². The van der Waals surface area contributed by atoms with Crippen molar-refractivity contribution in [3.63, 3.8) is 0 Å². The minimum Gasteiger partial charge on any atom is -0.489 e. The van der Waals surface area contributed by atoms with Crippen LogP contribution in [0.15, 0.2) is 51.9 Å². The largest absolute Gasteiger partial charge is 0.489 e. The first-order chi connectivity index (χ1) is 12.5. The van der Waals surface area contributed by atoms with Crippen LogP contribution in [0.5, 0.6) is 17.2 Å². The van der Waals surface area contributed by atoms with Crippen molar-refractivity contribution < 1.29 is 22.6 Å². The smallest absolute Gasteiger partial charge is 0.420 e. The van der Waals surface area contributed by atoms with Crippen LogP contribution in [0, 0.1) is 0 Å². The number of ether oxygens (including phenoxy) is 2. The minimum absolute atomic E-state index is 0.0105. The van der Waals surface area contributed by atoms with E-state index < -0.39 is 11.7 Å². The van der Waals surface area contributed by atoms with Crippen molar-refractivity contribution in [1.29, 1.82) is 0 Å². The van der Waals surface area contributed by atoms with E-state index in [1.54, 1.807) is 18.2 Å². The average molecular weight is 508 g/mol. The summed E-state index contributed by atoms with van der Waals surface area (Å²) in [5, 5.41) is 0. The molecule has 0 radical (unpaired) electrons. The van der Waals surface area contributed by atoms with E-state index in [-0.39, 0.29) is 23.5 Å². The van der Waals surface area contributed by atoms with Crippen LogP contribution >= 0.6 is 31.9 Å². The highest BCUT2D eigenvalue weighted by Crippen LogP contribution is 2.39. The molecule has 0 aromatic heterocycles. The van der Waals surface area contributed by atoms with Gasteiger partial charge in [-0.3, -0.25) is 0 Å². The van der Waals surface area contributed by atoms with Crippen molar-refractivity contribution in [2.24, 2.45) is 0 Å². The molecule has 0 aliphatic heterocycles. The maximum Gasteiger partial charge on any atom is 0.420 e. The Bertz CT molecular complexity index is 803. The lowest BCUT2D eigenvalue weighted by atomic mass is 9.87. The van der Waals surface area contributed by atoms with Crippen LogP contribution in [-0.4, -0.2) is 6.61 Å². The molecular weight excluding hydrogens is 489 g/mol. The van der Waals surface area contributed by atoms with Gasteiger partial charge in [-0.25, -0.2) is 0 Å². The van der Waals surface area contributed by atoms with Crippen molar-refractivity contribution in [3.8, 4) is 17.2 Å². The van der Waals surface area contributed by atoms with E-state index in [1.165, 1.54) is 12.1 Å². The zero-order chi connectivity index (χ0) is 20.2. The molecule has 0 bridgehead atoms. The van der Waals surface area contributed by atoms with Gasteiger partial charge in [0.25, 0.3) is 0 Å². The fourth-order valence-electron chi connectivity index (χ4n) is 2.27. The van der Waals surface area contributed by atoms with Gasteiger partial charge in [0.15, 0.2) is 0 Å². The van der Waals surface area contributed by atoms with Crippen molar-refractivity contribution in [2.75, 3.05) is 6.61 Å². The standard InChI is InChI=1S/C20H19Br2F3O2/c1-19(2,3)13-4-6-14(7-5-13)27-15-8-9-17(26-11-10-18(21)22)16(12-15)20(23,24)25/h4-10,12H,11H2,1-3H3. The SMILES string of the molecule is CC(C)(C)c1ccc(Oc2ccc(OCC=C(Br)Br)c(C(F)(F)F)c2)cc1. The summed E-state index contributed by atoms with van der Waals surface area (Å²) >= 11 is 6.25. The number of alkyl halides is 3. The monoisotopic (exact) mass is 506 g/mol. The highest BCUT2D eigenvalue weighted by atomic mass is 79.9. The Morgan fingerprint density at radius 2 is 1.56 bits per heavy atom. The molecule has 0 aliphatic rings. The van der Waals surface area contributed by atoms with E-state index in [4.69, 9.17) is 9.47 Å². The Morgan fingerprint density at radius 3 is 2.07 bits per heavy atom. The summed E-state index contributed by atoms with van der Waals surface area (Å²) in [6, 6.07) is 11.0. The Kier molecular flexibility index (Phi) is 7.03. The summed E-state index contributed by atoms with van der Waals surface area (Å²) in [6.45, 7) is 6.24. The Morgan fingerprint density at radius 1 is 0.963 bits per heavy atom. The molecule has 2 rings (SSSR count). The number of hydrogen-bond donors (Lipinski definition) is 0. The normalized spacial score (nSPS) is 11.9. The van der Waals surface area contributed by atoms with Crippen molar-refractivity contribution in [1.82, 2.24) is 0 Å². The van der Waals surface area contributed by atoms with Gasteiger partial charge in [0, 0.05) is 0 Å². The van der Waals surface area contributed by atoms with Crippen LogP contribution in [0.1, 0.15) is 31.9 Å². The zero-order valence-electron chi connectivity index (χ0n) is 15.0. The molecule has 0 unspecified atom stereocenters. The third-order valence-corrected chi connectivity index (χ3v) is 4.34. The van der Waals surface area contributed by atoms with Crippen LogP contribution in [0.4, 0.5) is 13.2 Å². The average Bonchev–Trinajstić information content (AvgIpc) is 2.54. The fraction of sp³-hybridized carbons (Fsp3) is 0.300. The van der Waals surface area contributed by atoms with Gasteiger partial charge in [-0.15, -0.1) is 0 Å². The maximum atomic E-state index is 13.4. The quantitative estimate of drug-likeness (QED) is 0.411. The van der Waals surface area contributed by atoms with E-state index in [2.05, 4.69) is 52.6 Å². The summed E-state index contributed by atoms with van der Waals surface area (Å²) in [5.41, 5.74) is 0.213. The summed E-state index contributed by atoms with van der Waals surface area (Å²) < 4.78 is 51.5. The first kappa shape index (κ1) is 21.8. The number of halogens is 5. The van der Waals surface area contributed by atoms with Crippen molar-refractivity contribution in [2.45, 2.75) is 32.4 Å². The van der Waals surface area contributed by atoms with Crippen molar-refractivity contribution >= 4 is 31.9 Å². The van der Waals surface area contributed by atoms with Gasteiger partial charge in [0.05, 0.1) is 3.39 Å². The first-order valence-electron chi connectivity index (χ1n) is 8.10. The zero-order valence-corrected chi connectivity index (χ0v) is 18.2. The predicted molar refractivity (Wildman–Crippen MR) is 108 cm³/mol. The predicted octanol–water partition coefficient (Wildman–Crippen LogP) is 7.81. The van der Waals surface area contributed by atoms with Gasteiger partial charge in [-0.1, -0.05) is 32.9 Å². The van der Waals surface area contributed by atoms with Gasteiger partial charge in [-0.2, -0.15) is 13.2 Å². The third kappa shape index (κ3) is 6.57. The van der Waals surface area contributed by atoms with E-state index >= 15 is 0 Å². The molecule has 0 atom stereocenters. The molecule has 0 fully saturated rings. The van der Waals surface area contributed by atoms with Gasteiger partial charge in [-0.05, 0) is 79.2 Å². The van der Waals surface area contributed by atoms with Gasteiger partial charge >= 0.3 is 6.18 Å². The van der Waals surface area contributed by atoms with Crippen molar-refractivity contribution in [3.05, 3.63) is 63.1 Å². The molecule has 7 heteroatoms. The molecule has 0 heterocycles. The molecule has 2 nitrogen and oxygen atoms in total. The Labute approximate surface area is 173 Å². The lowest BCUT2D eigenvalue weighted by Crippen LogP contribution is -2.10. The second kappa shape index (κ2) is 8.69. The number of rotatable bonds is 5. The Balaban J connectivity index is 2.24.